The van der Waals surface area contributed by atoms with Crippen LogP contribution in [0.25, 0.3) is 0 Å². The number of methoxy groups -OCH3 is 2. The second kappa shape index (κ2) is 9.36. The Hall–Kier alpha value is -3.61. The van der Waals surface area contributed by atoms with Gasteiger partial charge in [-0.15, -0.1) is 0 Å². The Kier molecular flexibility index (Phi) is 6.41. The Morgan fingerprint density at radius 1 is 0.964 bits per heavy atom. The van der Waals surface area contributed by atoms with Gasteiger partial charge in [-0.05, 0) is 30.2 Å². The van der Waals surface area contributed by atoms with E-state index in [-0.39, 0.29) is 11.6 Å². The maximum Gasteiger partial charge on any atom is 0.270 e. The number of amides is 1. The van der Waals surface area contributed by atoms with Crippen LogP contribution in [0.5, 0.6) is 11.5 Å². The van der Waals surface area contributed by atoms with Gasteiger partial charge < -0.3 is 20.1 Å². The van der Waals surface area contributed by atoms with Gasteiger partial charge in [0.25, 0.3) is 5.91 Å². The lowest BCUT2D eigenvalue weighted by molar-refractivity contribution is 0.0949. The Labute approximate surface area is 163 Å². The molecule has 0 bridgehead atoms. The van der Waals surface area contributed by atoms with Gasteiger partial charge in [0, 0.05) is 12.6 Å². The van der Waals surface area contributed by atoms with Crippen molar-refractivity contribution < 1.29 is 14.3 Å². The van der Waals surface area contributed by atoms with Gasteiger partial charge in [0.05, 0.1) is 19.9 Å². The fraction of sp³-hybridized carbons (Fsp3) is 0.190. The van der Waals surface area contributed by atoms with E-state index in [1.165, 1.54) is 6.33 Å². The second-order valence-corrected chi connectivity index (χ2v) is 5.93. The third-order valence-corrected chi connectivity index (χ3v) is 4.14. The molecule has 0 saturated heterocycles. The van der Waals surface area contributed by atoms with E-state index in [9.17, 15) is 4.79 Å². The van der Waals surface area contributed by atoms with E-state index in [0.29, 0.717) is 24.5 Å². The van der Waals surface area contributed by atoms with Crippen molar-refractivity contribution in [1.29, 1.82) is 0 Å². The first-order valence-corrected chi connectivity index (χ1v) is 8.83. The number of ether oxygens (including phenoxy) is 2. The smallest absolute Gasteiger partial charge is 0.270 e. The summed E-state index contributed by atoms with van der Waals surface area (Å²) in [5.41, 5.74) is 2.07. The van der Waals surface area contributed by atoms with Gasteiger partial charge in [0.2, 0.25) is 0 Å². The molecule has 2 N–H and O–H groups in total. The molecule has 0 spiro atoms. The number of aromatic nitrogens is 2. The van der Waals surface area contributed by atoms with Crippen molar-refractivity contribution in [3.63, 3.8) is 0 Å². The lowest BCUT2D eigenvalue weighted by Gasteiger charge is -2.11. The van der Waals surface area contributed by atoms with Gasteiger partial charge in [-0.1, -0.05) is 30.3 Å². The van der Waals surface area contributed by atoms with Crippen LogP contribution in [-0.4, -0.2) is 36.6 Å². The van der Waals surface area contributed by atoms with Gasteiger partial charge in [-0.2, -0.15) is 0 Å². The summed E-state index contributed by atoms with van der Waals surface area (Å²) in [6.45, 7) is 0.471. The Morgan fingerprint density at radius 2 is 1.68 bits per heavy atom. The summed E-state index contributed by atoms with van der Waals surface area (Å²) in [7, 11) is 3.23. The van der Waals surface area contributed by atoms with Gasteiger partial charge in [0.15, 0.2) is 0 Å². The van der Waals surface area contributed by atoms with Crippen LogP contribution in [0.4, 0.5) is 11.5 Å². The van der Waals surface area contributed by atoms with E-state index in [1.807, 2.05) is 48.5 Å². The molecule has 0 unspecified atom stereocenters. The molecule has 3 aromatic rings. The fourth-order valence-corrected chi connectivity index (χ4v) is 2.75. The van der Waals surface area contributed by atoms with Crippen LogP contribution in [0.3, 0.4) is 0 Å². The number of carbonyl (C=O) groups excluding carboxylic acids is 1. The van der Waals surface area contributed by atoms with E-state index in [1.54, 1.807) is 20.3 Å². The molecular formula is C21H22N4O3. The topological polar surface area (TPSA) is 85.4 Å². The maximum atomic E-state index is 12.4. The predicted molar refractivity (Wildman–Crippen MR) is 107 cm³/mol. The first-order valence-electron chi connectivity index (χ1n) is 8.83. The number of anilines is 2. The zero-order chi connectivity index (χ0) is 19.8. The highest BCUT2D eigenvalue weighted by Crippen LogP contribution is 2.26. The molecule has 144 valence electrons. The third-order valence-electron chi connectivity index (χ3n) is 4.14. The van der Waals surface area contributed by atoms with Crippen molar-refractivity contribution in [1.82, 2.24) is 15.3 Å². The lowest BCUT2D eigenvalue weighted by Crippen LogP contribution is -2.26. The largest absolute Gasteiger partial charge is 0.496 e. The number of para-hydroxylation sites is 3. The summed E-state index contributed by atoms with van der Waals surface area (Å²) in [5.74, 6) is 1.74. The first-order chi connectivity index (χ1) is 13.7. The van der Waals surface area contributed by atoms with E-state index < -0.39 is 0 Å². The van der Waals surface area contributed by atoms with Crippen LogP contribution in [0.15, 0.2) is 60.9 Å². The van der Waals surface area contributed by atoms with Gasteiger partial charge in [-0.3, -0.25) is 4.79 Å². The molecule has 0 radical (unpaired) electrons. The van der Waals surface area contributed by atoms with Crippen LogP contribution >= 0.6 is 0 Å². The highest BCUT2D eigenvalue weighted by molar-refractivity contribution is 5.93. The summed E-state index contributed by atoms with van der Waals surface area (Å²) in [6, 6.07) is 16.8. The lowest BCUT2D eigenvalue weighted by atomic mass is 10.1. The highest BCUT2D eigenvalue weighted by atomic mass is 16.5. The molecule has 3 rings (SSSR count). The average molecular weight is 378 g/mol. The molecule has 0 atom stereocenters. The quantitative estimate of drug-likeness (QED) is 0.626. The van der Waals surface area contributed by atoms with Crippen molar-refractivity contribution in [3.05, 3.63) is 72.2 Å². The number of rotatable bonds is 8. The molecule has 0 aliphatic rings. The summed E-state index contributed by atoms with van der Waals surface area (Å²) in [6.07, 6.45) is 2.01. The van der Waals surface area contributed by atoms with E-state index in [2.05, 4.69) is 20.6 Å². The SMILES string of the molecule is COc1ccccc1CCNC(=O)c1cc(Nc2ccccc2OC)ncn1. The molecule has 0 fully saturated rings. The van der Waals surface area contributed by atoms with Crippen molar-refractivity contribution >= 4 is 17.4 Å². The molecule has 7 heteroatoms. The molecule has 1 amide bonds. The number of carbonyl (C=O) groups is 1. The fourth-order valence-electron chi connectivity index (χ4n) is 2.75. The van der Waals surface area contributed by atoms with Crippen LogP contribution < -0.4 is 20.1 Å². The highest BCUT2D eigenvalue weighted by Gasteiger charge is 2.10. The van der Waals surface area contributed by atoms with Crippen molar-refractivity contribution in [2.24, 2.45) is 0 Å². The van der Waals surface area contributed by atoms with Gasteiger partial charge >= 0.3 is 0 Å². The number of nitrogens with one attached hydrogen (secondary N) is 2. The number of hydrogen-bond acceptors (Lipinski definition) is 6. The third kappa shape index (κ3) is 4.76. The summed E-state index contributed by atoms with van der Waals surface area (Å²) in [5, 5.41) is 6.02. The summed E-state index contributed by atoms with van der Waals surface area (Å²) < 4.78 is 10.6. The number of benzene rings is 2. The average Bonchev–Trinajstić information content (AvgIpc) is 2.74. The molecule has 1 heterocycles. The van der Waals surface area contributed by atoms with E-state index >= 15 is 0 Å². The Morgan fingerprint density at radius 3 is 2.46 bits per heavy atom. The molecule has 0 aliphatic carbocycles. The summed E-state index contributed by atoms with van der Waals surface area (Å²) >= 11 is 0. The molecule has 2 aromatic carbocycles. The standard InChI is InChI=1S/C21H22N4O3/c1-27-18-9-5-3-7-15(18)11-12-22-21(26)17-13-20(24-14-23-17)25-16-8-4-6-10-19(16)28-2/h3-10,13-14H,11-12H2,1-2H3,(H,22,26)(H,23,24,25). The van der Waals surface area contributed by atoms with Crippen molar-refractivity contribution in [3.8, 4) is 11.5 Å². The Balaban J connectivity index is 1.62. The molecule has 0 aliphatic heterocycles. The van der Waals surface area contributed by atoms with Crippen molar-refractivity contribution in [2.75, 3.05) is 26.1 Å². The molecule has 7 nitrogen and oxygen atoms in total. The van der Waals surface area contributed by atoms with Crippen LogP contribution in [0, 0.1) is 0 Å². The zero-order valence-corrected chi connectivity index (χ0v) is 15.8. The van der Waals surface area contributed by atoms with E-state index in [4.69, 9.17) is 9.47 Å². The van der Waals surface area contributed by atoms with Gasteiger partial charge in [-0.25, -0.2) is 9.97 Å². The van der Waals surface area contributed by atoms with Gasteiger partial charge in [0.1, 0.15) is 29.3 Å². The summed E-state index contributed by atoms with van der Waals surface area (Å²) in [4.78, 5) is 20.7. The first kappa shape index (κ1) is 19.2. The van der Waals surface area contributed by atoms with Crippen molar-refractivity contribution in [2.45, 2.75) is 6.42 Å². The number of hydrogen-bond donors (Lipinski definition) is 2. The minimum atomic E-state index is -0.264. The predicted octanol–water partition coefficient (Wildman–Crippen LogP) is 3.21. The zero-order valence-electron chi connectivity index (χ0n) is 15.8. The second-order valence-electron chi connectivity index (χ2n) is 5.93. The number of nitrogens with zero attached hydrogens (tertiary/aromatic N) is 2. The van der Waals surface area contributed by atoms with E-state index in [0.717, 1.165) is 17.0 Å². The molecule has 0 saturated carbocycles. The van der Waals surface area contributed by atoms with Crippen LogP contribution in [0.2, 0.25) is 0 Å². The van der Waals surface area contributed by atoms with Crippen LogP contribution in [-0.2, 0) is 6.42 Å². The monoisotopic (exact) mass is 378 g/mol. The molecule has 28 heavy (non-hydrogen) atoms. The normalized spacial score (nSPS) is 10.2. The Bertz CT molecular complexity index is 946. The molecular weight excluding hydrogens is 356 g/mol. The van der Waals surface area contributed by atoms with Crippen LogP contribution in [0.1, 0.15) is 16.1 Å². The minimum Gasteiger partial charge on any atom is -0.496 e. The molecule has 1 aromatic heterocycles. The maximum absolute atomic E-state index is 12.4. The minimum absolute atomic E-state index is 0.264.